The lowest BCUT2D eigenvalue weighted by Gasteiger charge is -2.17. The Balaban J connectivity index is 2.11. The molecule has 0 saturated carbocycles. The number of anilines is 1. The van der Waals surface area contributed by atoms with Gasteiger partial charge in [-0.05, 0) is 43.9 Å². The van der Waals surface area contributed by atoms with Crippen LogP contribution in [0.2, 0.25) is 0 Å². The summed E-state index contributed by atoms with van der Waals surface area (Å²) in [7, 11) is 0. The van der Waals surface area contributed by atoms with Crippen LogP contribution in [-0.2, 0) is 12.8 Å². The molecule has 2 rings (SSSR count). The van der Waals surface area contributed by atoms with Gasteiger partial charge in [-0.3, -0.25) is 11.3 Å². The molecule has 2 aromatic rings. The zero-order valence-corrected chi connectivity index (χ0v) is 12.1. The van der Waals surface area contributed by atoms with E-state index in [-0.39, 0.29) is 6.04 Å². The number of nitrogen functional groups attached to an aromatic ring is 1. The number of benzene rings is 1. The summed E-state index contributed by atoms with van der Waals surface area (Å²) in [5.74, 6) is 6.26. The summed E-state index contributed by atoms with van der Waals surface area (Å²) in [5.41, 5.74) is 13.6. The lowest BCUT2D eigenvalue weighted by Crippen LogP contribution is -2.38. The Morgan fingerprint density at radius 3 is 2.45 bits per heavy atom. The first-order valence-corrected chi connectivity index (χ1v) is 6.81. The summed E-state index contributed by atoms with van der Waals surface area (Å²) >= 11 is 0. The van der Waals surface area contributed by atoms with Crippen molar-refractivity contribution in [1.82, 2.24) is 10.4 Å². The average molecular weight is 270 g/mol. The number of nitrogens with zero attached hydrogens (tertiary/aromatic N) is 1. The van der Waals surface area contributed by atoms with Crippen LogP contribution >= 0.6 is 0 Å². The van der Waals surface area contributed by atoms with Crippen LogP contribution in [0.25, 0.3) is 0 Å². The topological polar surface area (TPSA) is 77.0 Å². The molecule has 0 bridgehead atoms. The molecule has 1 aromatic heterocycles. The SMILES string of the molecule is Cc1cc(C)cc(CC(Cc2cccnc2N)NN)c1. The Hall–Kier alpha value is -1.91. The number of nitrogens with one attached hydrogen (secondary N) is 1. The highest BCUT2D eigenvalue weighted by Crippen LogP contribution is 2.15. The third-order valence-electron chi connectivity index (χ3n) is 3.39. The van der Waals surface area contributed by atoms with Gasteiger partial charge in [0.05, 0.1) is 0 Å². The molecule has 1 aromatic carbocycles. The molecular weight excluding hydrogens is 248 g/mol. The molecule has 4 heteroatoms. The molecule has 1 heterocycles. The second-order valence-electron chi connectivity index (χ2n) is 5.32. The van der Waals surface area contributed by atoms with Crippen molar-refractivity contribution in [3.05, 3.63) is 58.8 Å². The van der Waals surface area contributed by atoms with Crippen molar-refractivity contribution in [2.45, 2.75) is 32.7 Å². The van der Waals surface area contributed by atoms with Crippen molar-refractivity contribution in [1.29, 1.82) is 0 Å². The molecule has 106 valence electrons. The minimum Gasteiger partial charge on any atom is -0.383 e. The molecule has 0 aliphatic rings. The minimum absolute atomic E-state index is 0.141. The number of hydrogen-bond donors (Lipinski definition) is 3. The Bertz CT molecular complexity index is 560. The van der Waals surface area contributed by atoms with Crippen LogP contribution in [-0.4, -0.2) is 11.0 Å². The van der Waals surface area contributed by atoms with E-state index in [0.29, 0.717) is 5.82 Å². The molecule has 0 saturated heterocycles. The monoisotopic (exact) mass is 270 g/mol. The van der Waals surface area contributed by atoms with Crippen molar-refractivity contribution in [3.8, 4) is 0 Å². The largest absolute Gasteiger partial charge is 0.383 e. The third-order valence-corrected chi connectivity index (χ3v) is 3.39. The van der Waals surface area contributed by atoms with Gasteiger partial charge in [0, 0.05) is 12.2 Å². The van der Waals surface area contributed by atoms with Gasteiger partial charge >= 0.3 is 0 Å². The van der Waals surface area contributed by atoms with Gasteiger partial charge in [0.1, 0.15) is 5.82 Å². The van der Waals surface area contributed by atoms with Gasteiger partial charge in [-0.15, -0.1) is 0 Å². The summed E-state index contributed by atoms with van der Waals surface area (Å²) in [6.07, 6.45) is 3.34. The van der Waals surface area contributed by atoms with Crippen LogP contribution in [0.15, 0.2) is 36.5 Å². The van der Waals surface area contributed by atoms with Crippen molar-refractivity contribution in [3.63, 3.8) is 0 Å². The first-order chi connectivity index (χ1) is 9.58. The maximum absolute atomic E-state index is 5.89. The van der Waals surface area contributed by atoms with Gasteiger partial charge in [0.2, 0.25) is 0 Å². The van der Waals surface area contributed by atoms with Gasteiger partial charge < -0.3 is 5.73 Å². The molecule has 0 amide bonds. The van der Waals surface area contributed by atoms with Crippen molar-refractivity contribution in [2.24, 2.45) is 5.84 Å². The Morgan fingerprint density at radius 1 is 1.15 bits per heavy atom. The van der Waals surface area contributed by atoms with Gasteiger partial charge in [-0.1, -0.05) is 35.4 Å². The van der Waals surface area contributed by atoms with Crippen LogP contribution < -0.4 is 17.0 Å². The van der Waals surface area contributed by atoms with Gasteiger partial charge in [0.25, 0.3) is 0 Å². The van der Waals surface area contributed by atoms with Crippen molar-refractivity contribution in [2.75, 3.05) is 5.73 Å². The second kappa shape index (κ2) is 6.50. The molecule has 1 unspecified atom stereocenters. The first kappa shape index (κ1) is 14.5. The molecule has 4 nitrogen and oxygen atoms in total. The molecule has 0 aliphatic heterocycles. The molecule has 20 heavy (non-hydrogen) atoms. The fraction of sp³-hybridized carbons (Fsp3) is 0.312. The van der Waals surface area contributed by atoms with E-state index in [1.807, 2.05) is 12.1 Å². The van der Waals surface area contributed by atoms with Gasteiger partial charge in [-0.25, -0.2) is 4.98 Å². The predicted molar refractivity (Wildman–Crippen MR) is 83.1 cm³/mol. The van der Waals surface area contributed by atoms with Crippen molar-refractivity contribution >= 4 is 5.82 Å². The molecule has 5 N–H and O–H groups in total. The second-order valence-corrected chi connectivity index (χ2v) is 5.32. The molecular formula is C16H22N4. The number of aryl methyl sites for hydroxylation is 2. The summed E-state index contributed by atoms with van der Waals surface area (Å²) in [5, 5.41) is 0. The lowest BCUT2D eigenvalue weighted by molar-refractivity contribution is 0.522. The highest BCUT2D eigenvalue weighted by molar-refractivity contribution is 5.39. The maximum Gasteiger partial charge on any atom is 0.126 e. The Morgan fingerprint density at radius 2 is 1.85 bits per heavy atom. The first-order valence-electron chi connectivity index (χ1n) is 6.81. The van der Waals surface area contributed by atoms with Gasteiger partial charge in [-0.2, -0.15) is 0 Å². The molecule has 0 spiro atoms. The van der Waals surface area contributed by atoms with Crippen LogP contribution in [0, 0.1) is 13.8 Å². The highest BCUT2D eigenvalue weighted by Gasteiger charge is 2.11. The quantitative estimate of drug-likeness (QED) is 0.573. The van der Waals surface area contributed by atoms with E-state index in [2.05, 4.69) is 42.5 Å². The molecule has 0 aliphatic carbocycles. The van der Waals surface area contributed by atoms with E-state index < -0.39 is 0 Å². The van der Waals surface area contributed by atoms with Crippen LogP contribution in [0.3, 0.4) is 0 Å². The number of aromatic nitrogens is 1. The van der Waals surface area contributed by atoms with E-state index >= 15 is 0 Å². The zero-order chi connectivity index (χ0) is 14.5. The van der Waals surface area contributed by atoms with Crippen LogP contribution in [0.1, 0.15) is 22.3 Å². The summed E-state index contributed by atoms with van der Waals surface area (Å²) < 4.78 is 0. The Kier molecular flexibility index (Phi) is 4.71. The molecule has 0 radical (unpaired) electrons. The van der Waals surface area contributed by atoms with E-state index in [1.54, 1.807) is 6.20 Å². The van der Waals surface area contributed by atoms with E-state index in [4.69, 9.17) is 11.6 Å². The summed E-state index contributed by atoms with van der Waals surface area (Å²) in [6.45, 7) is 4.22. The fourth-order valence-corrected chi connectivity index (χ4v) is 2.55. The lowest BCUT2D eigenvalue weighted by atomic mass is 9.97. The summed E-state index contributed by atoms with van der Waals surface area (Å²) in [4.78, 5) is 4.11. The highest BCUT2D eigenvalue weighted by atomic mass is 15.2. The molecule has 1 atom stereocenters. The van der Waals surface area contributed by atoms with E-state index in [9.17, 15) is 0 Å². The van der Waals surface area contributed by atoms with E-state index in [0.717, 1.165) is 18.4 Å². The zero-order valence-electron chi connectivity index (χ0n) is 12.1. The maximum atomic E-state index is 5.89. The predicted octanol–water partition coefficient (Wildman–Crippen LogP) is 1.90. The normalized spacial score (nSPS) is 12.3. The summed E-state index contributed by atoms with van der Waals surface area (Å²) in [6, 6.07) is 10.6. The Labute approximate surface area is 120 Å². The average Bonchev–Trinajstić information content (AvgIpc) is 2.39. The van der Waals surface area contributed by atoms with Crippen LogP contribution in [0.4, 0.5) is 5.82 Å². The number of hydrazine groups is 1. The van der Waals surface area contributed by atoms with E-state index in [1.165, 1.54) is 16.7 Å². The van der Waals surface area contributed by atoms with Gasteiger partial charge in [0.15, 0.2) is 0 Å². The smallest absolute Gasteiger partial charge is 0.126 e. The number of hydrogen-bond acceptors (Lipinski definition) is 4. The standard InChI is InChI=1S/C16H22N4/c1-11-6-12(2)8-13(7-11)9-15(20-18)10-14-4-3-5-19-16(14)17/h3-8,15,20H,9-10,18H2,1-2H3,(H2,17,19). The van der Waals surface area contributed by atoms with Crippen molar-refractivity contribution < 1.29 is 0 Å². The minimum atomic E-state index is 0.141. The number of nitrogens with two attached hydrogens (primary N) is 2. The van der Waals surface area contributed by atoms with Crippen LogP contribution in [0.5, 0.6) is 0 Å². The fourth-order valence-electron chi connectivity index (χ4n) is 2.55. The number of pyridine rings is 1. The number of rotatable bonds is 5. The third kappa shape index (κ3) is 3.79. The molecule has 0 fully saturated rings.